The van der Waals surface area contributed by atoms with Crippen molar-refractivity contribution in [2.45, 2.75) is 64.6 Å². The molecule has 2 aliphatic rings. The lowest BCUT2D eigenvalue weighted by atomic mass is 9.96. The summed E-state index contributed by atoms with van der Waals surface area (Å²) in [5.74, 6) is -1.74. The fourth-order valence-corrected chi connectivity index (χ4v) is 4.07. The number of nitrogens with one attached hydrogen (secondary N) is 1. The van der Waals surface area contributed by atoms with Crippen LogP contribution in [0.25, 0.3) is 0 Å². The second-order valence-electron chi connectivity index (χ2n) is 8.75. The summed E-state index contributed by atoms with van der Waals surface area (Å²) in [5, 5.41) is 2.74. The van der Waals surface area contributed by atoms with Gasteiger partial charge in [0, 0.05) is 24.9 Å². The average molecular weight is 415 g/mol. The number of esters is 1. The zero-order valence-electron chi connectivity index (χ0n) is 18.0. The van der Waals surface area contributed by atoms with Gasteiger partial charge in [0.2, 0.25) is 11.6 Å². The van der Waals surface area contributed by atoms with E-state index in [2.05, 4.69) is 5.32 Å². The Kier molecular flexibility index (Phi) is 5.87. The number of ether oxygens (including phenoxy) is 1. The number of hydrogen-bond donors (Lipinski definition) is 1. The number of para-hydroxylation sites is 1. The van der Waals surface area contributed by atoms with Gasteiger partial charge in [0.15, 0.2) is 6.61 Å². The van der Waals surface area contributed by atoms with Crippen LogP contribution in [0.2, 0.25) is 0 Å². The highest BCUT2D eigenvalue weighted by Crippen LogP contribution is 2.45. The van der Waals surface area contributed by atoms with Gasteiger partial charge < -0.3 is 15.0 Å². The Bertz CT molecular complexity index is 876. The van der Waals surface area contributed by atoms with Gasteiger partial charge in [-0.1, -0.05) is 25.5 Å². The summed E-state index contributed by atoms with van der Waals surface area (Å²) in [6.45, 7) is 7.31. The minimum absolute atomic E-state index is 0.119. The molecule has 1 aromatic rings. The zero-order valence-corrected chi connectivity index (χ0v) is 18.0. The van der Waals surface area contributed by atoms with Gasteiger partial charge in [0.1, 0.15) is 0 Å². The number of unbranched alkanes of at least 4 members (excludes halogenated alkanes) is 1. The van der Waals surface area contributed by atoms with Gasteiger partial charge in [-0.3, -0.25) is 19.3 Å². The summed E-state index contributed by atoms with van der Waals surface area (Å²) in [6, 6.07) is 6.79. The van der Waals surface area contributed by atoms with Gasteiger partial charge in [-0.15, -0.1) is 0 Å². The Morgan fingerprint density at radius 1 is 1.20 bits per heavy atom. The summed E-state index contributed by atoms with van der Waals surface area (Å²) in [5.41, 5.74) is -1.23. The highest BCUT2D eigenvalue weighted by Gasteiger charge is 2.61. The lowest BCUT2D eigenvalue weighted by molar-refractivity contribution is -0.160. The number of anilines is 1. The number of fused-ring (bicyclic) bond motifs is 3. The quantitative estimate of drug-likeness (QED) is 0.719. The third-order valence-corrected chi connectivity index (χ3v) is 5.28. The lowest BCUT2D eigenvalue weighted by Crippen LogP contribution is -2.68. The van der Waals surface area contributed by atoms with E-state index in [0.717, 1.165) is 6.42 Å². The normalized spacial score (nSPS) is 20.7. The zero-order chi connectivity index (χ0) is 22.1. The van der Waals surface area contributed by atoms with Crippen LogP contribution in [0.1, 0.15) is 63.7 Å². The van der Waals surface area contributed by atoms with E-state index in [1.54, 1.807) is 24.3 Å². The highest BCUT2D eigenvalue weighted by molar-refractivity contribution is 6.15. The fourth-order valence-electron chi connectivity index (χ4n) is 4.07. The highest BCUT2D eigenvalue weighted by atomic mass is 16.5. The molecule has 2 heterocycles. The predicted molar refractivity (Wildman–Crippen MR) is 111 cm³/mol. The summed E-state index contributed by atoms with van der Waals surface area (Å²) >= 11 is 0. The Balaban J connectivity index is 1.97. The van der Waals surface area contributed by atoms with Crippen molar-refractivity contribution in [3.63, 3.8) is 0 Å². The molecule has 30 heavy (non-hydrogen) atoms. The molecule has 0 aromatic heterocycles. The monoisotopic (exact) mass is 415 g/mol. The third-order valence-electron chi connectivity index (χ3n) is 5.28. The molecule has 8 nitrogen and oxygen atoms in total. The van der Waals surface area contributed by atoms with Crippen LogP contribution >= 0.6 is 0 Å². The van der Waals surface area contributed by atoms with Crippen molar-refractivity contribution < 1.29 is 23.9 Å². The third kappa shape index (κ3) is 3.78. The van der Waals surface area contributed by atoms with E-state index in [1.807, 2.05) is 27.7 Å². The van der Waals surface area contributed by atoms with Gasteiger partial charge in [-0.2, -0.15) is 0 Å². The molecule has 0 bridgehead atoms. The molecular formula is C22H29N3O5. The number of nitrogens with zero attached hydrogens (tertiary/aromatic N) is 2. The van der Waals surface area contributed by atoms with Crippen LogP contribution in [0, 0.1) is 0 Å². The first-order chi connectivity index (χ1) is 14.1. The van der Waals surface area contributed by atoms with E-state index in [9.17, 15) is 19.2 Å². The smallest absolute Gasteiger partial charge is 0.354 e. The summed E-state index contributed by atoms with van der Waals surface area (Å²) < 4.78 is 5.38. The largest absolute Gasteiger partial charge is 0.452 e. The molecule has 1 N–H and O–H groups in total. The van der Waals surface area contributed by atoms with Crippen LogP contribution in [0.3, 0.4) is 0 Å². The van der Waals surface area contributed by atoms with Gasteiger partial charge >= 0.3 is 5.97 Å². The van der Waals surface area contributed by atoms with Crippen molar-refractivity contribution in [2.75, 3.05) is 18.1 Å². The molecule has 1 aromatic carbocycles. The first kappa shape index (κ1) is 21.8. The maximum atomic E-state index is 13.4. The van der Waals surface area contributed by atoms with Gasteiger partial charge in [-0.05, 0) is 39.3 Å². The van der Waals surface area contributed by atoms with Crippen molar-refractivity contribution in [3.8, 4) is 0 Å². The lowest BCUT2D eigenvalue weighted by Gasteiger charge is -2.48. The summed E-state index contributed by atoms with van der Waals surface area (Å²) in [6.07, 6.45) is 1.75. The van der Waals surface area contributed by atoms with E-state index in [-0.39, 0.29) is 24.7 Å². The Labute approximate surface area is 176 Å². The average Bonchev–Trinajstić information content (AvgIpc) is 3.03. The Hall–Kier alpha value is -2.90. The van der Waals surface area contributed by atoms with E-state index in [0.29, 0.717) is 24.2 Å². The standard InChI is InChI=1S/C22H29N3O5/c1-5-6-13-24-19(28)15-9-7-8-10-16(15)25-18(27)11-12-22(24,25)20(29)30-14-17(26)23-21(2,3)4/h7-10H,5-6,11-14H2,1-4H3,(H,23,26)/t22-/m1/s1. The van der Waals surface area contributed by atoms with Crippen molar-refractivity contribution in [3.05, 3.63) is 29.8 Å². The number of carbonyl (C=O) groups excluding carboxylic acids is 4. The Morgan fingerprint density at radius 2 is 1.90 bits per heavy atom. The molecule has 162 valence electrons. The van der Waals surface area contributed by atoms with Crippen molar-refractivity contribution in [2.24, 2.45) is 0 Å². The van der Waals surface area contributed by atoms with Crippen LogP contribution in [0.15, 0.2) is 24.3 Å². The van der Waals surface area contributed by atoms with Crippen LogP contribution in [-0.4, -0.2) is 52.9 Å². The van der Waals surface area contributed by atoms with Crippen molar-refractivity contribution in [1.82, 2.24) is 10.2 Å². The number of benzene rings is 1. The summed E-state index contributed by atoms with van der Waals surface area (Å²) in [4.78, 5) is 54.5. The van der Waals surface area contributed by atoms with E-state index < -0.39 is 29.7 Å². The topological polar surface area (TPSA) is 96.0 Å². The number of amides is 3. The van der Waals surface area contributed by atoms with Gasteiger partial charge in [0.05, 0.1) is 11.3 Å². The van der Waals surface area contributed by atoms with Gasteiger partial charge in [-0.25, -0.2) is 4.79 Å². The molecule has 0 radical (unpaired) electrons. The van der Waals surface area contributed by atoms with Crippen LogP contribution < -0.4 is 10.2 Å². The predicted octanol–water partition coefficient (Wildman–Crippen LogP) is 2.22. The molecular weight excluding hydrogens is 386 g/mol. The van der Waals surface area contributed by atoms with Crippen molar-refractivity contribution in [1.29, 1.82) is 0 Å². The first-order valence-corrected chi connectivity index (χ1v) is 10.3. The molecule has 0 aliphatic carbocycles. The number of carbonyl (C=O) groups is 4. The maximum absolute atomic E-state index is 13.4. The molecule has 1 atom stereocenters. The van der Waals surface area contributed by atoms with Crippen LogP contribution in [0.5, 0.6) is 0 Å². The molecule has 0 unspecified atom stereocenters. The SMILES string of the molecule is CCCCN1C(=O)c2ccccc2N2C(=O)CC[C@@]12C(=O)OCC(=O)NC(C)(C)C. The summed E-state index contributed by atoms with van der Waals surface area (Å²) in [7, 11) is 0. The molecule has 0 saturated carbocycles. The van der Waals surface area contributed by atoms with Gasteiger partial charge in [0.25, 0.3) is 11.8 Å². The van der Waals surface area contributed by atoms with E-state index in [4.69, 9.17) is 4.74 Å². The van der Waals surface area contributed by atoms with Crippen molar-refractivity contribution >= 4 is 29.4 Å². The van der Waals surface area contributed by atoms with E-state index in [1.165, 1.54) is 9.80 Å². The molecule has 3 amide bonds. The molecule has 1 fully saturated rings. The molecule has 2 aliphatic heterocycles. The molecule has 0 spiro atoms. The first-order valence-electron chi connectivity index (χ1n) is 10.3. The van der Waals surface area contributed by atoms with Crippen LogP contribution in [0.4, 0.5) is 5.69 Å². The molecule has 3 rings (SSSR count). The molecule has 1 saturated heterocycles. The minimum atomic E-state index is -1.56. The maximum Gasteiger partial charge on any atom is 0.354 e. The fraction of sp³-hybridized carbons (Fsp3) is 0.545. The second-order valence-corrected chi connectivity index (χ2v) is 8.75. The Morgan fingerprint density at radius 3 is 2.57 bits per heavy atom. The molecule has 8 heteroatoms. The number of rotatable bonds is 6. The second kappa shape index (κ2) is 8.08. The van der Waals surface area contributed by atoms with Crippen LogP contribution in [-0.2, 0) is 19.1 Å². The number of hydrogen-bond acceptors (Lipinski definition) is 5. The minimum Gasteiger partial charge on any atom is -0.452 e. The van der Waals surface area contributed by atoms with E-state index >= 15 is 0 Å².